The van der Waals surface area contributed by atoms with E-state index in [0.717, 1.165) is 0 Å². The van der Waals surface area contributed by atoms with Crippen molar-refractivity contribution in [3.63, 3.8) is 0 Å². The largest absolute Gasteiger partial charge is 0.367 e. The van der Waals surface area contributed by atoms with Crippen LogP contribution in [0.25, 0.3) is 0 Å². The minimum Gasteiger partial charge on any atom is -0.367 e. The maximum atomic E-state index is 14.0. The third kappa shape index (κ3) is 4.83. The normalized spacial score (nSPS) is 17.1. The number of hydrogen-bond acceptors (Lipinski definition) is 5. The van der Waals surface area contributed by atoms with Gasteiger partial charge < -0.3 is 4.90 Å². The van der Waals surface area contributed by atoms with Crippen LogP contribution in [0.3, 0.4) is 0 Å². The number of para-hydroxylation sites is 1. The van der Waals surface area contributed by atoms with Crippen molar-refractivity contribution in [3.05, 3.63) is 54.3 Å². The number of nitrogens with zero attached hydrogens (tertiary/aromatic N) is 2. The van der Waals surface area contributed by atoms with Crippen molar-refractivity contribution in [2.24, 2.45) is 0 Å². The molecule has 1 fully saturated rings. The van der Waals surface area contributed by atoms with Gasteiger partial charge in [0.15, 0.2) is 0 Å². The van der Waals surface area contributed by atoms with Crippen molar-refractivity contribution < 1.29 is 21.2 Å². The number of halogens is 1. The highest BCUT2D eigenvalue weighted by Gasteiger charge is 2.29. The van der Waals surface area contributed by atoms with Crippen molar-refractivity contribution in [1.29, 1.82) is 0 Å². The lowest BCUT2D eigenvalue weighted by Gasteiger charge is -2.35. The summed E-state index contributed by atoms with van der Waals surface area (Å²) in [6, 6.07) is 11.4. The lowest BCUT2D eigenvalue weighted by Crippen LogP contribution is -2.48. The SMILES string of the molecule is CC[C@H](C)NS(=O)(=O)c1ccc(S(=O)(=O)N2CCN(c3ccccc3F)CC2)cc1. The second-order valence-corrected chi connectivity index (χ2v) is 10.9. The highest BCUT2D eigenvalue weighted by Crippen LogP contribution is 2.24. The van der Waals surface area contributed by atoms with Crippen molar-refractivity contribution in [3.8, 4) is 0 Å². The Kier molecular flexibility index (Phi) is 6.81. The minimum absolute atomic E-state index is 0.0196. The second kappa shape index (κ2) is 9.01. The summed E-state index contributed by atoms with van der Waals surface area (Å²) in [7, 11) is -7.47. The van der Waals surface area contributed by atoms with E-state index in [4.69, 9.17) is 0 Å². The molecular weight excluding hydrogens is 429 g/mol. The summed E-state index contributed by atoms with van der Waals surface area (Å²) >= 11 is 0. The van der Waals surface area contributed by atoms with E-state index in [1.54, 1.807) is 25.1 Å². The number of sulfonamides is 2. The average Bonchev–Trinajstić information content (AvgIpc) is 2.74. The first-order valence-corrected chi connectivity index (χ1v) is 12.7. The van der Waals surface area contributed by atoms with E-state index in [-0.39, 0.29) is 34.7 Å². The number of rotatable bonds is 7. The molecule has 0 radical (unpaired) electrons. The van der Waals surface area contributed by atoms with Crippen LogP contribution in [-0.4, -0.2) is 53.4 Å². The quantitative estimate of drug-likeness (QED) is 0.693. The molecular formula is C20H26FN3O4S2. The standard InChI is InChI=1S/C20H26FN3O4S2/c1-3-16(2)22-29(25,26)17-8-10-18(11-9-17)30(27,28)24-14-12-23(13-15-24)20-7-5-4-6-19(20)21/h4-11,16,22H,3,12-15H2,1-2H3/t16-/m0/s1. The summed E-state index contributed by atoms with van der Waals surface area (Å²) in [5.41, 5.74) is 0.456. The van der Waals surface area contributed by atoms with Gasteiger partial charge in [0.25, 0.3) is 0 Å². The molecule has 1 atom stereocenters. The molecule has 3 rings (SSSR count). The zero-order chi connectivity index (χ0) is 21.9. The van der Waals surface area contributed by atoms with Crippen LogP contribution >= 0.6 is 0 Å². The zero-order valence-corrected chi connectivity index (χ0v) is 18.6. The lowest BCUT2D eigenvalue weighted by molar-refractivity contribution is 0.383. The fourth-order valence-electron chi connectivity index (χ4n) is 3.23. The fourth-order valence-corrected chi connectivity index (χ4v) is 5.98. The van der Waals surface area contributed by atoms with Crippen LogP contribution in [0.5, 0.6) is 0 Å². The van der Waals surface area contributed by atoms with Gasteiger partial charge in [-0.05, 0) is 49.7 Å². The minimum atomic E-state index is -3.77. The van der Waals surface area contributed by atoms with Gasteiger partial charge in [-0.25, -0.2) is 25.9 Å². The summed E-state index contributed by atoms with van der Waals surface area (Å²) in [5, 5.41) is 0. The number of benzene rings is 2. The van der Waals surface area contributed by atoms with E-state index >= 15 is 0 Å². The maximum Gasteiger partial charge on any atom is 0.243 e. The van der Waals surface area contributed by atoms with Gasteiger partial charge in [-0.3, -0.25) is 0 Å². The molecule has 0 spiro atoms. The van der Waals surface area contributed by atoms with E-state index in [0.29, 0.717) is 25.2 Å². The van der Waals surface area contributed by atoms with Gasteiger partial charge in [-0.15, -0.1) is 0 Å². The predicted octanol–water partition coefficient (Wildman–Crippen LogP) is 2.41. The average molecular weight is 456 g/mol. The first kappa shape index (κ1) is 22.7. The van der Waals surface area contributed by atoms with Crippen molar-refractivity contribution in [2.75, 3.05) is 31.1 Å². The summed E-state index contributed by atoms with van der Waals surface area (Å²) in [4.78, 5) is 1.87. The smallest absolute Gasteiger partial charge is 0.243 e. The zero-order valence-electron chi connectivity index (χ0n) is 17.0. The fraction of sp³-hybridized carbons (Fsp3) is 0.400. The highest BCUT2D eigenvalue weighted by molar-refractivity contribution is 7.89. The number of piperazine rings is 1. The van der Waals surface area contributed by atoms with Crippen molar-refractivity contribution in [1.82, 2.24) is 9.03 Å². The Morgan fingerprint density at radius 1 is 0.933 bits per heavy atom. The van der Waals surface area contributed by atoms with Crippen molar-refractivity contribution >= 4 is 25.7 Å². The third-order valence-electron chi connectivity index (χ3n) is 5.17. The molecule has 7 nitrogen and oxygen atoms in total. The number of hydrogen-bond donors (Lipinski definition) is 1. The topological polar surface area (TPSA) is 86.8 Å². The van der Waals surface area contributed by atoms with Crippen LogP contribution in [-0.2, 0) is 20.0 Å². The molecule has 1 aliphatic rings. The Morgan fingerprint density at radius 3 is 2.07 bits per heavy atom. The van der Waals surface area contributed by atoms with Crippen LogP contribution < -0.4 is 9.62 Å². The van der Waals surface area contributed by atoms with E-state index in [1.165, 1.54) is 34.6 Å². The van der Waals surface area contributed by atoms with Gasteiger partial charge in [-0.1, -0.05) is 19.1 Å². The van der Waals surface area contributed by atoms with Crippen LogP contribution in [0.1, 0.15) is 20.3 Å². The summed E-state index contributed by atoms with van der Waals surface area (Å²) in [6.07, 6.45) is 0.643. The number of nitrogens with one attached hydrogen (secondary N) is 1. The monoisotopic (exact) mass is 455 g/mol. The summed E-state index contributed by atoms with van der Waals surface area (Å²) in [5.74, 6) is -0.336. The molecule has 0 aliphatic carbocycles. The van der Waals surface area contributed by atoms with Crippen LogP contribution in [0.2, 0.25) is 0 Å². The molecule has 30 heavy (non-hydrogen) atoms. The molecule has 2 aromatic rings. The first-order valence-electron chi connectivity index (χ1n) is 9.77. The summed E-state index contributed by atoms with van der Waals surface area (Å²) < 4.78 is 68.5. The van der Waals surface area contributed by atoms with E-state index < -0.39 is 20.0 Å². The van der Waals surface area contributed by atoms with E-state index in [2.05, 4.69) is 4.72 Å². The molecule has 1 N–H and O–H groups in total. The van der Waals surface area contributed by atoms with Crippen LogP contribution in [0.4, 0.5) is 10.1 Å². The van der Waals surface area contributed by atoms with E-state index in [9.17, 15) is 21.2 Å². The summed E-state index contributed by atoms with van der Waals surface area (Å²) in [6.45, 7) is 4.79. The molecule has 10 heteroatoms. The molecule has 0 bridgehead atoms. The second-order valence-electron chi connectivity index (χ2n) is 7.24. The first-order chi connectivity index (χ1) is 14.1. The Labute approximate surface area is 177 Å². The van der Waals surface area contributed by atoms with E-state index in [1.807, 2.05) is 11.8 Å². The molecule has 164 valence electrons. The van der Waals surface area contributed by atoms with Gasteiger partial charge in [0.2, 0.25) is 20.0 Å². The van der Waals surface area contributed by atoms with Gasteiger partial charge in [0.1, 0.15) is 5.82 Å². The Balaban J connectivity index is 1.71. The van der Waals surface area contributed by atoms with Crippen LogP contribution in [0.15, 0.2) is 58.3 Å². The Bertz CT molecular complexity index is 1080. The third-order valence-corrected chi connectivity index (χ3v) is 8.69. The lowest BCUT2D eigenvalue weighted by atomic mass is 10.2. The molecule has 1 heterocycles. The highest BCUT2D eigenvalue weighted by atomic mass is 32.2. The molecule has 1 saturated heterocycles. The van der Waals surface area contributed by atoms with Crippen molar-refractivity contribution in [2.45, 2.75) is 36.1 Å². The maximum absolute atomic E-state index is 14.0. The molecule has 0 amide bonds. The Hall–Kier alpha value is -2.01. The van der Waals surface area contributed by atoms with Gasteiger partial charge in [0, 0.05) is 32.2 Å². The van der Waals surface area contributed by atoms with Gasteiger partial charge in [-0.2, -0.15) is 4.31 Å². The molecule has 0 aromatic heterocycles. The molecule has 1 aliphatic heterocycles. The molecule has 0 saturated carbocycles. The molecule has 2 aromatic carbocycles. The van der Waals surface area contributed by atoms with Gasteiger partial charge >= 0.3 is 0 Å². The van der Waals surface area contributed by atoms with Gasteiger partial charge in [0.05, 0.1) is 15.5 Å². The van der Waals surface area contributed by atoms with Crippen LogP contribution in [0, 0.1) is 5.82 Å². The number of anilines is 1. The Morgan fingerprint density at radius 2 is 1.50 bits per heavy atom. The predicted molar refractivity (Wildman–Crippen MR) is 114 cm³/mol. The molecule has 0 unspecified atom stereocenters.